The van der Waals surface area contributed by atoms with Crippen molar-refractivity contribution in [3.05, 3.63) is 35.3 Å². The Morgan fingerprint density at radius 3 is 2.67 bits per heavy atom. The summed E-state index contributed by atoms with van der Waals surface area (Å²) >= 11 is 3.45. The maximum absolute atomic E-state index is 5.95. The van der Waals surface area contributed by atoms with E-state index in [0.717, 1.165) is 23.5 Å². The van der Waals surface area contributed by atoms with Crippen LogP contribution in [0.25, 0.3) is 10.6 Å². The van der Waals surface area contributed by atoms with Gasteiger partial charge in [-0.15, -0.1) is 23.1 Å². The second kappa shape index (κ2) is 6.36. The number of benzene rings is 1. The highest BCUT2D eigenvalue weighted by molar-refractivity contribution is 7.98. The van der Waals surface area contributed by atoms with Crippen molar-refractivity contribution in [3.8, 4) is 10.6 Å². The van der Waals surface area contributed by atoms with E-state index < -0.39 is 0 Å². The molecule has 96 valence electrons. The number of nitrogens with two attached hydrogens (primary N) is 1. The third-order valence-electron chi connectivity index (χ3n) is 2.88. The molecule has 0 spiro atoms. The molecule has 1 unspecified atom stereocenters. The molecule has 0 saturated carbocycles. The summed E-state index contributed by atoms with van der Waals surface area (Å²) < 4.78 is 0. The number of hydrogen-bond donors (Lipinski definition) is 1. The minimum absolute atomic E-state index is 0.221. The van der Waals surface area contributed by atoms with Gasteiger partial charge in [-0.2, -0.15) is 0 Å². The van der Waals surface area contributed by atoms with Gasteiger partial charge in [0.15, 0.2) is 0 Å². The Morgan fingerprint density at radius 1 is 1.33 bits per heavy atom. The third-order valence-corrected chi connectivity index (χ3v) is 4.57. The normalized spacial score (nSPS) is 12.6. The van der Waals surface area contributed by atoms with E-state index in [9.17, 15) is 0 Å². The number of nitrogens with zero attached hydrogens (tertiary/aromatic N) is 1. The van der Waals surface area contributed by atoms with Crippen LogP contribution in [0.5, 0.6) is 0 Å². The number of thiazole rings is 1. The first-order valence-corrected chi connectivity index (χ1v) is 8.17. The molecule has 0 aliphatic heterocycles. The molecular weight excluding hydrogens is 260 g/mol. The van der Waals surface area contributed by atoms with Gasteiger partial charge in [0.05, 0.1) is 5.69 Å². The van der Waals surface area contributed by atoms with Crippen molar-refractivity contribution < 1.29 is 0 Å². The molecule has 0 aliphatic carbocycles. The van der Waals surface area contributed by atoms with E-state index in [-0.39, 0.29) is 6.04 Å². The lowest BCUT2D eigenvalue weighted by Crippen LogP contribution is -2.21. The maximum Gasteiger partial charge on any atom is 0.123 e. The molecule has 2 rings (SSSR count). The molecule has 18 heavy (non-hydrogen) atoms. The van der Waals surface area contributed by atoms with E-state index in [1.165, 1.54) is 10.5 Å². The summed E-state index contributed by atoms with van der Waals surface area (Å²) in [6, 6.07) is 8.76. The van der Waals surface area contributed by atoms with E-state index in [1.807, 2.05) is 0 Å². The average molecular weight is 278 g/mol. The molecule has 2 aromatic rings. The van der Waals surface area contributed by atoms with E-state index in [1.54, 1.807) is 23.1 Å². The lowest BCUT2D eigenvalue weighted by molar-refractivity contribution is 0.639. The second-order valence-electron chi connectivity index (χ2n) is 4.24. The van der Waals surface area contributed by atoms with Gasteiger partial charge >= 0.3 is 0 Å². The molecule has 0 saturated heterocycles. The molecular formula is C14H18N2S2. The fourth-order valence-corrected chi connectivity index (χ4v) is 2.93. The van der Waals surface area contributed by atoms with Crippen LogP contribution < -0.4 is 5.73 Å². The van der Waals surface area contributed by atoms with Crippen molar-refractivity contribution in [2.24, 2.45) is 5.73 Å². The summed E-state index contributed by atoms with van der Waals surface area (Å²) in [5.41, 5.74) is 8.25. The number of aromatic nitrogens is 1. The number of rotatable bonds is 5. The molecule has 1 aromatic heterocycles. The summed E-state index contributed by atoms with van der Waals surface area (Å²) in [4.78, 5) is 5.94. The largest absolute Gasteiger partial charge is 0.327 e. The van der Waals surface area contributed by atoms with Crippen LogP contribution in [0.1, 0.15) is 19.0 Å². The predicted octanol–water partition coefficient (Wildman–Crippen LogP) is 3.81. The van der Waals surface area contributed by atoms with Crippen LogP contribution in [-0.4, -0.2) is 17.3 Å². The van der Waals surface area contributed by atoms with Crippen molar-refractivity contribution in [1.29, 1.82) is 0 Å². The van der Waals surface area contributed by atoms with Gasteiger partial charge in [-0.25, -0.2) is 4.98 Å². The number of thioether (sulfide) groups is 1. The predicted molar refractivity (Wildman–Crippen MR) is 81.3 cm³/mol. The Labute approximate surface area is 117 Å². The van der Waals surface area contributed by atoms with Crippen molar-refractivity contribution >= 4 is 23.1 Å². The fraction of sp³-hybridized carbons (Fsp3) is 0.357. The molecule has 0 amide bonds. The minimum Gasteiger partial charge on any atom is -0.327 e. The first-order valence-electron chi connectivity index (χ1n) is 6.07. The molecule has 2 nitrogen and oxygen atoms in total. The van der Waals surface area contributed by atoms with Gasteiger partial charge in [-0.1, -0.05) is 19.1 Å². The van der Waals surface area contributed by atoms with E-state index in [2.05, 4.69) is 47.8 Å². The maximum atomic E-state index is 5.95. The molecule has 0 bridgehead atoms. The van der Waals surface area contributed by atoms with Crippen molar-refractivity contribution in [2.45, 2.75) is 30.7 Å². The standard InChI is InChI=1S/C14H18N2S2/c1-3-11(15)8-12-9-18-14(16-12)10-4-6-13(17-2)7-5-10/h4-7,9,11H,3,8,15H2,1-2H3. The highest BCUT2D eigenvalue weighted by Crippen LogP contribution is 2.26. The minimum atomic E-state index is 0.221. The van der Waals surface area contributed by atoms with Gasteiger partial charge in [-0.3, -0.25) is 0 Å². The quantitative estimate of drug-likeness (QED) is 0.845. The zero-order chi connectivity index (χ0) is 13.0. The van der Waals surface area contributed by atoms with Gasteiger partial charge in [0.25, 0.3) is 0 Å². The third kappa shape index (κ3) is 3.34. The lowest BCUT2D eigenvalue weighted by Gasteiger charge is -2.04. The van der Waals surface area contributed by atoms with Crippen molar-refractivity contribution in [1.82, 2.24) is 4.98 Å². The van der Waals surface area contributed by atoms with Gasteiger partial charge < -0.3 is 5.73 Å². The summed E-state index contributed by atoms with van der Waals surface area (Å²) in [6.45, 7) is 2.11. The Morgan fingerprint density at radius 2 is 2.06 bits per heavy atom. The second-order valence-corrected chi connectivity index (χ2v) is 5.98. The zero-order valence-electron chi connectivity index (χ0n) is 10.7. The molecule has 0 radical (unpaired) electrons. The van der Waals surface area contributed by atoms with Crippen LogP contribution in [0.4, 0.5) is 0 Å². The Balaban J connectivity index is 2.13. The van der Waals surface area contributed by atoms with Gasteiger partial charge in [0.2, 0.25) is 0 Å². The average Bonchev–Trinajstić information content (AvgIpc) is 2.87. The zero-order valence-corrected chi connectivity index (χ0v) is 12.4. The van der Waals surface area contributed by atoms with Crippen LogP contribution in [0.3, 0.4) is 0 Å². The van der Waals surface area contributed by atoms with Crippen LogP contribution in [0.15, 0.2) is 34.5 Å². The fourth-order valence-electron chi connectivity index (χ4n) is 1.68. The van der Waals surface area contributed by atoms with Crippen molar-refractivity contribution in [3.63, 3.8) is 0 Å². The van der Waals surface area contributed by atoms with Gasteiger partial charge in [0.1, 0.15) is 5.01 Å². The van der Waals surface area contributed by atoms with E-state index in [4.69, 9.17) is 5.73 Å². The SMILES string of the molecule is CCC(N)Cc1csc(-c2ccc(SC)cc2)n1. The molecule has 4 heteroatoms. The van der Waals surface area contributed by atoms with E-state index in [0.29, 0.717) is 0 Å². The molecule has 2 N–H and O–H groups in total. The van der Waals surface area contributed by atoms with E-state index >= 15 is 0 Å². The molecule has 0 aliphatic rings. The van der Waals surface area contributed by atoms with Crippen LogP contribution in [0.2, 0.25) is 0 Å². The summed E-state index contributed by atoms with van der Waals surface area (Å²) in [5.74, 6) is 0. The lowest BCUT2D eigenvalue weighted by atomic mass is 10.1. The molecule has 1 aromatic carbocycles. The first kappa shape index (κ1) is 13.6. The summed E-state index contributed by atoms with van der Waals surface area (Å²) in [6.07, 6.45) is 3.95. The highest BCUT2D eigenvalue weighted by atomic mass is 32.2. The highest BCUT2D eigenvalue weighted by Gasteiger charge is 2.07. The molecule has 0 fully saturated rings. The van der Waals surface area contributed by atoms with Crippen LogP contribution in [0, 0.1) is 0 Å². The Hall–Kier alpha value is -0.840. The molecule has 1 atom stereocenters. The molecule has 1 heterocycles. The van der Waals surface area contributed by atoms with Crippen molar-refractivity contribution in [2.75, 3.05) is 6.26 Å². The number of hydrogen-bond acceptors (Lipinski definition) is 4. The summed E-state index contributed by atoms with van der Waals surface area (Å²) in [5, 5.41) is 3.20. The van der Waals surface area contributed by atoms with Crippen LogP contribution in [-0.2, 0) is 6.42 Å². The smallest absolute Gasteiger partial charge is 0.123 e. The van der Waals surface area contributed by atoms with Gasteiger partial charge in [-0.05, 0) is 24.8 Å². The Bertz CT molecular complexity index is 491. The monoisotopic (exact) mass is 278 g/mol. The van der Waals surface area contributed by atoms with Crippen LogP contribution >= 0.6 is 23.1 Å². The topological polar surface area (TPSA) is 38.9 Å². The van der Waals surface area contributed by atoms with Gasteiger partial charge in [0, 0.05) is 28.3 Å². The first-order chi connectivity index (χ1) is 8.72. The summed E-state index contributed by atoms with van der Waals surface area (Å²) in [7, 11) is 0. The Kier molecular flexibility index (Phi) is 4.80.